The van der Waals surface area contributed by atoms with Crippen LogP contribution in [0.25, 0.3) is 16.4 Å². The average molecular weight is 441 g/mol. The van der Waals surface area contributed by atoms with Crippen molar-refractivity contribution in [1.82, 2.24) is 24.9 Å². The Morgan fingerprint density at radius 1 is 1.12 bits per heavy atom. The van der Waals surface area contributed by atoms with Crippen molar-refractivity contribution < 1.29 is 9.59 Å². The second-order valence-electron chi connectivity index (χ2n) is 9.51. The number of aromatic amines is 1. The standard InChI is InChI=1S/C25H23N5O3/c1-14(31)15-6-7-30-20(13-26-21(30)8-15)24(33)27-17-11-25(12-17)9-16(10-25)22-18-4-2-3-5-19(18)23(32)29-28-22/h2-8,13,16-17H,9-12H2,1H3,(H,27,33)(H,29,32). The highest BCUT2D eigenvalue weighted by Gasteiger charge is 2.54. The first-order chi connectivity index (χ1) is 15.9. The summed E-state index contributed by atoms with van der Waals surface area (Å²) in [6.07, 6.45) is 7.20. The molecule has 0 unspecified atom stereocenters. The first kappa shape index (κ1) is 19.8. The monoisotopic (exact) mass is 441 g/mol. The Kier molecular flexibility index (Phi) is 4.27. The van der Waals surface area contributed by atoms with Gasteiger partial charge in [-0.15, -0.1) is 0 Å². The molecule has 2 saturated carbocycles. The first-order valence-corrected chi connectivity index (χ1v) is 11.2. The number of rotatable bonds is 4. The highest BCUT2D eigenvalue weighted by Crippen LogP contribution is 2.62. The second kappa shape index (κ2) is 7.10. The average Bonchev–Trinajstić information content (AvgIpc) is 3.19. The van der Waals surface area contributed by atoms with E-state index in [0.29, 0.717) is 28.2 Å². The number of hydrogen-bond acceptors (Lipinski definition) is 5. The predicted molar refractivity (Wildman–Crippen MR) is 122 cm³/mol. The molecule has 1 spiro atoms. The molecule has 8 heteroatoms. The summed E-state index contributed by atoms with van der Waals surface area (Å²) in [5, 5.41) is 11.8. The third kappa shape index (κ3) is 3.16. The van der Waals surface area contributed by atoms with Gasteiger partial charge in [-0.05, 0) is 56.2 Å². The van der Waals surface area contributed by atoms with Crippen LogP contribution in [0.3, 0.4) is 0 Å². The van der Waals surface area contributed by atoms with Gasteiger partial charge in [0.05, 0.1) is 17.3 Å². The van der Waals surface area contributed by atoms with Crippen molar-refractivity contribution in [3.05, 3.63) is 76.1 Å². The van der Waals surface area contributed by atoms with Crippen LogP contribution in [0.5, 0.6) is 0 Å². The van der Waals surface area contributed by atoms with Gasteiger partial charge in [0.2, 0.25) is 0 Å². The minimum absolute atomic E-state index is 0.0323. The molecule has 0 saturated heterocycles. The summed E-state index contributed by atoms with van der Waals surface area (Å²) in [6, 6.07) is 11.2. The van der Waals surface area contributed by atoms with Crippen LogP contribution in [-0.4, -0.2) is 37.3 Å². The zero-order valence-electron chi connectivity index (χ0n) is 18.2. The highest BCUT2D eigenvalue weighted by atomic mass is 16.2. The van der Waals surface area contributed by atoms with E-state index >= 15 is 0 Å². The van der Waals surface area contributed by atoms with Crippen LogP contribution in [0.15, 0.2) is 53.6 Å². The number of hydrogen-bond donors (Lipinski definition) is 2. The first-order valence-electron chi connectivity index (χ1n) is 11.2. The van der Waals surface area contributed by atoms with E-state index in [1.807, 2.05) is 24.3 Å². The third-order valence-corrected chi connectivity index (χ3v) is 7.32. The quantitative estimate of drug-likeness (QED) is 0.473. The minimum atomic E-state index is -0.153. The van der Waals surface area contributed by atoms with Crippen LogP contribution in [0.4, 0.5) is 0 Å². The van der Waals surface area contributed by atoms with Gasteiger partial charge < -0.3 is 5.32 Å². The summed E-state index contributed by atoms with van der Waals surface area (Å²) in [7, 11) is 0. The molecule has 3 heterocycles. The lowest BCUT2D eigenvalue weighted by Crippen LogP contribution is -2.55. The second-order valence-corrected chi connectivity index (χ2v) is 9.51. The lowest BCUT2D eigenvalue weighted by atomic mass is 9.49. The molecular formula is C25H23N5O3. The largest absolute Gasteiger partial charge is 0.348 e. The number of fused-ring (bicyclic) bond motifs is 2. The van der Waals surface area contributed by atoms with Gasteiger partial charge in [0, 0.05) is 29.1 Å². The van der Waals surface area contributed by atoms with E-state index in [2.05, 4.69) is 20.5 Å². The molecule has 2 aliphatic carbocycles. The Balaban J connectivity index is 1.11. The van der Waals surface area contributed by atoms with Crippen molar-refractivity contribution in [1.29, 1.82) is 0 Å². The fourth-order valence-corrected chi connectivity index (χ4v) is 5.67. The normalized spacial score (nSPS) is 23.9. The van der Waals surface area contributed by atoms with E-state index in [1.165, 1.54) is 6.92 Å². The van der Waals surface area contributed by atoms with Crippen molar-refractivity contribution in [3.63, 3.8) is 0 Å². The molecule has 2 N–H and O–H groups in total. The Bertz CT molecular complexity index is 1490. The predicted octanol–water partition coefficient (Wildman–Crippen LogP) is 3.23. The van der Waals surface area contributed by atoms with E-state index in [4.69, 9.17) is 0 Å². The fourth-order valence-electron chi connectivity index (χ4n) is 5.67. The Hall–Kier alpha value is -3.81. The van der Waals surface area contributed by atoms with Gasteiger partial charge in [0.1, 0.15) is 11.3 Å². The number of nitrogens with zero attached hydrogens (tertiary/aromatic N) is 3. The van der Waals surface area contributed by atoms with Crippen molar-refractivity contribution in [2.75, 3.05) is 0 Å². The Morgan fingerprint density at radius 3 is 2.64 bits per heavy atom. The van der Waals surface area contributed by atoms with Crippen LogP contribution < -0.4 is 10.9 Å². The molecule has 4 aromatic rings. The van der Waals surface area contributed by atoms with E-state index in [1.54, 1.807) is 28.9 Å². The number of imidazole rings is 1. The number of carbonyl (C=O) groups excluding carboxylic acids is 2. The lowest BCUT2D eigenvalue weighted by Gasteiger charge is -2.57. The van der Waals surface area contributed by atoms with Gasteiger partial charge in [-0.2, -0.15) is 5.10 Å². The molecule has 6 rings (SSSR count). The molecule has 8 nitrogen and oxygen atoms in total. The molecule has 2 fully saturated rings. The molecule has 2 aliphatic rings. The molecule has 3 aromatic heterocycles. The van der Waals surface area contributed by atoms with E-state index in [0.717, 1.165) is 36.8 Å². The molecule has 33 heavy (non-hydrogen) atoms. The number of H-pyrrole nitrogens is 1. The smallest absolute Gasteiger partial charge is 0.272 e. The zero-order valence-corrected chi connectivity index (χ0v) is 18.2. The number of nitrogens with one attached hydrogen (secondary N) is 2. The molecule has 0 radical (unpaired) electrons. The molecule has 0 atom stereocenters. The molecule has 0 bridgehead atoms. The Morgan fingerprint density at radius 2 is 1.88 bits per heavy atom. The number of carbonyl (C=O) groups is 2. The van der Waals surface area contributed by atoms with E-state index < -0.39 is 0 Å². The van der Waals surface area contributed by atoms with Crippen LogP contribution in [-0.2, 0) is 0 Å². The maximum absolute atomic E-state index is 12.8. The number of benzene rings is 1. The number of Topliss-reactive ketones (excluding diaryl/α,β-unsaturated/α-hetero) is 1. The summed E-state index contributed by atoms with van der Waals surface area (Å²) in [5.74, 6) is 0.148. The minimum Gasteiger partial charge on any atom is -0.348 e. The van der Waals surface area contributed by atoms with Crippen LogP contribution in [0.1, 0.15) is 65.1 Å². The maximum Gasteiger partial charge on any atom is 0.272 e. The summed E-state index contributed by atoms with van der Waals surface area (Å²) < 4.78 is 1.71. The number of amides is 1. The van der Waals surface area contributed by atoms with Crippen LogP contribution >= 0.6 is 0 Å². The maximum atomic E-state index is 12.8. The van der Waals surface area contributed by atoms with Crippen molar-refractivity contribution in [2.24, 2.45) is 5.41 Å². The van der Waals surface area contributed by atoms with E-state index in [9.17, 15) is 14.4 Å². The molecule has 1 amide bonds. The number of ketones is 1. The number of aromatic nitrogens is 4. The summed E-state index contributed by atoms with van der Waals surface area (Å²) in [5.41, 5.74) is 2.69. The zero-order chi connectivity index (χ0) is 22.7. The summed E-state index contributed by atoms with van der Waals surface area (Å²) >= 11 is 0. The molecule has 166 valence electrons. The van der Waals surface area contributed by atoms with Gasteiger partial charge in [-0.1, -0.05) is 18.2 Å². The summed E-state index contributed by atoms with van der Waals surface area (Å²) in [4.78, 5) is 40.7. The van der Waals surface area contributed by atoms with Crippen LogP contribution in [0.2, 0.25) is 0 Å². The Labute approximate surface area is 189 Å². The summed E-state index contributed by atoms with van der Waals surface area (Å²) in [6.45, 7) is 1.51. The van der Waals surface area contributed by atoms with Crippen molar-refractivity contribution in [2.45, 2.75) is 44.6 Å². The topological polar surface area (TPSA) is 109 Å². The SMILES string of the molecule is CC(=O)c1ccn2c(C(=O)NC3CC4(C3)CC(c3n[nH]c(=O)c5ccccc35)C4)cnc2c1. The van der Waals surface area contributed by atoms with E-state index in [-0.39, 0.29) is 28.7 Å². The third-order valence-electron chi connectivity index (χ3n) is 7.32. The van der Waals surface area contributed by atoms with Gasteiger partial charge in [-0.25, -0.2) is 10.1 Å². The van der Waals surface area contributed by atoms with Gasteiger partial charge in [0.25, 0.3) is 11.5 Å². The fraction of sp³-hybridized carbons (Fsp3) is 0.320. The van der Waals surface area contributed by atoms with Crippen molar-refractivity contribution in [3.8, 4) is 0 Å². The molecule has 0 aliphatic heterocycles. The number of pyridine rings is 1. The van der Waals surface area contributed by atoms with Gasteiger partial charge in [0.15, 0.2) is 5.78 Å². The molecule has 1 aromatic carbocycles. The molecular weight excluding hydrogens is 418 g/mol. The van der Waals surface area contributed by atoms with Crippen molar-refractivity contribution >= 4 is 28.1 Å². The highest BCUT2D eigenvalue weighted by molar-refractivity contribution is 5.96. The van der Waals surface area contributed by atoms with Gasteiger partial charge in [-0.3, -0.25) is 18.8 Å². The van der Waals surface area contributed by atoms with Crippen LogP contribution in [0, 0.1) is 5.41 Å². The van der Waals surface area contributed by atoms with Gasteiger partial charge >= 0.3 is 0 Å². The lowest BCUT2D eigenvalue weighted by molar-refractivity contribution is -0.0197.